The highest BCUT2D eigenvalue weighted by Gasteiger charge is 2.20. The number of carbonyl (C=O) groups excluding carboxylic acids is 1. The molecule has 19 heavy (non-hydrogen) atoms. The third-order valence-corrected chi connectivity index (χ3v) is 3.66. The Morgan fingerprint density at radius 1 is 1.37 bits per heavy atom. The molecule has 7 nitrogen and oxygen atoms in total. The van der Waals surface area contributed by atoms with Crippen LogP contribution in [0.1, 0.15) is 20.8 Å². The lowest BCUT2D eigenvalue weighted by molar-refractivity contribution is 0.0697. The number of nitrogens with one attached hydrogen (secondary N) is 2. The van der Waals surface area contributed by atoms with Crippen molar-refractivity contribution in [2.45, 2.75) is 20.0 Å². The first-order valence-electron chi connectivity index (χ1n) is 5.53. The molecule has 1 aromatic rings. The van der Waals surface area contributed by atoms with Gasteiger partial charge < -0.3 is 20.6 Å². The first-order valence-corrected chi connectivity index (χ1v) is 6.35. The van der Waals surface area contributed by atoms with Crippen LogP contribution in [0.25, 0.3) is 0 Å². The summed E-state index contributed by atoms with van der Waals surface area (Å²) in [5.74, 6) is -1.10. The fourth-order valence-corrected chi connectivity index (χ4v) is 2.44. The van der Waals surface area contributed by atoms with E-state index in [0.29, 0.717) is 5.56 Å². The number of aryl methyl sites for hydroxylation is 1. The second-order valence-corrected chi connectivity index (χ2v) is 5.19. The second-order valence-electron chi connectivity index (χ2n) is 3.96. The van der Waals surface area contributed by atoms with Gasteiger partial charge in [0.25, 0.3) is 0 Å². The van der Waals surface area contributed by atoms with Crippen LogP contribution in [0, 0.1) is 13.8 Å². The highest BCUT2D eigenvalue weighted by molar-refractivity contribution is 7.16. The van der Waals surface area contributed by atoms with E-state index in [4.69, 9.17) is 15.3 Å². The molecule has 2 amide bonds. The largest absolute Gasteiger partial charge is 0.478 e. The summed E-state index contributed by atoms with van der Waals surface area (Å²) in [5.41, 5.74) is 0.684. The molecule has 1 rings (SSSR count). The van der Waals surface area contributed by atoms with Crippen LogP contribution < -0.4 is 10.6 Å². The van der Waals surface area contributed by atoms with Gasteiger partial charge in [-0.3, -0.25) is 5.32 Å². The third kappa shape index (κ3) is 3.91. The number of anilines is 1. The van der Waals surface area contributed by atoms with Gasteiger partial charge in [-0.05, 0) is 19.4 Å². The maximum Gasteiger partial charge on any atom is 0.338 e. The van der Waals surface area contributed by atoms with Gasteiger partial charge in [0.05, 0.1) is 18.3 Å². The molecule has 1 aromatic heterocycles. The number of aliphatic hydroxyl groups excluding tert-OH is 2. The van der Waals surface area contributed by atoms with E-state index >= 15 is 0 Å². The molecule has 0 saturated heterocycles. The van der Waals surface area contributed by atoms with Gasteiger partial charge in [-0.25, -0.2) is 9.59 Å². The van der Waals surface area contributed by atoms with Crippen molar-refractivity contribution in [2.24, 2.45) is 0 Å². The molecule has 0 aliphatic rings. The second kappa shape index (κ2) is 6.50. The highest BCUT2D eigenvalue weighted by atomic mass is 32.1. The van der Waals surface area contributed by atoms with Gasteiger partial charge in [0.15, 0.2) is 0 Å². The Labute approximate surface area is 113 Å². The number of hydrogen-bond donors (Lipinski definition) is 5. The number of aliphatic hydroxyl groups is 2. The van der Waals surface area contributed by atoms with E-state index in [2.05, 4.69) is 10.6 Å². The van der Waals surface area contributed by atoms with Crippen LogP contribution in [0.3, 0.4) is 0 Å². The fourth-order valence-electron chi connectivity index (χ4n) is 1.39. The van der Waals surface area contributed by atoms with Crippen molar-refractivity contribution < 1.29 is 24.9 Å². The minimum atomic E-state index is -1.10. The summed E-state index contributed by atoms with van der Waals surface area (Å²) in [6.07, 6.45) is -1.04. The Balaban J connectivity index is 2.74. The summed E-state index contributed by atoms with van der Waals surface area (Å²) in [6.45, 7) is 2.87. The summed E-state index contributed by atoms with van der Waals surface area (Å²) in [6, 6.07) is -0.628. The summed E-state index contributed by atoms with van der Waals surface area (Å²) < 4.78 is 0. The number of carboxylic acid groups (broad SMARTS) is 1. The summed E-state index contributed by atoms with van der Waals surface area (Å²) in [5, 5.41) is 31.8. The van der Waals surface area contributed by atoms with Crippen molar-refractivity contribution >= 4 is 28.3 Å². The number of aromatic carboxylic acids is 1. The lowest BCUT2D eigenvalue weighted by Crippen LogP contribution is -2.36. The van der Waals surface area contributed by atoms with E-state index < -0.39 is 24.7 Å². The van der Waals surface area contributed by atoms with Gasteiger partial charge in [-0.2, -0.15) is 0 Å². The molecule has 0 spiro atoms. The van der Waals surface area contributed by atoms with E-state index in [-0.39, 0.29) is 17.1 Å². The van der Waals surface area contributed by atoms with Gasteiger partial charge >= 0.3 is 12.0 Å². The number of thiophene rings is 1. The SMILES string of the molecule is Cc1sc(NC(=O)NCC(O)CO)c(C(=O)O)c1C. The van der Waals surface area contributed by atoms with E-state index in [1.165, 1.54) is 11.3 Å². The lowest BCUT2D eigenvalue weighted by Gasteiger charge is -2.09. The molecule has 1 atom stereocenters. The number of rotatable bonds is 5. The zero-order valence-electron chi connectivity index (χ0n) is 10.6. The first kappa shape index (κ1) is 15.4. The average molecular weight is 288 g/mol. The van der Waals surface area contributed by atoms with Gasteiger partial charge in [0.2, 0.25) is 0 Å². The van der Waals surface area contributed by atoms with E-state index in [1.54, 1.807) is 13.8 Å². The molecular formula is C11H16N2O5S. The molecule has 0 aliphatic carbocycles. The Bertz CT molecular complexity index is 486. The maximum atomic E-state index is 11.5. The molecule has 0 fully saturated rings. The molecule has 0 radical (unpaired) electrons. The number of urea groups is 1. The molecule has 106 valence electrons. The minimum absolute atomic E-state index is 0.0698. The number of carboxylic acids is 1. The molecule has 5 N–H and O–H groups in total. The van der Waals surface area contributed by atoms with Crippen molar-refractivity contribution in [3.8, 4) is 0 Å². The molecule has 0 aliphatic heterocycles. The topological polar surface area (TPSA) is 119 Å². The summed E-state index contributed by atoms with van der Waals surface area (Å²) >= 11 is 1.17. The predicted octanol–water partition coefficient (Wildman–Crippen LogP) is 0.538. The average Bonchev–Trinajstić information content (AvgIpc) is 2.61. The normalized spacial score (nSPS) is 12.0. The Morgan fingerprint density at radius 2 is 2.00 bits per heavy atom. The van der Waals surface area contributed by atoms with Crippen LogP contribution in [0.4, 0.5) is 9.80 Å². The van der Waals surface area contributed by atoms with Crippen LogP contribution in [0.5, 0.6) is 0 Å². The van der Waals surface area contributed by atoms with Gasteiger partial charge in [0.1, 0.15) is 5.00 Å². The van der Waals surface area contributed by atoms with Crippen molar-refractivity contribution in [3.63, 3.8) is 0 Å². The monoisotopic (exact) mass is 288 g/mol. The van der Waals surface area contributed by atoms with Crippen LogP contribution in [0.15, 0.2) is 0 Å². The zero-order valence-corrected chi connectivity index (χ0v) is 11.4. The molecule has 1 heterocycles. The quantitative estimate of drug-likeness (QED) is 0.542. The molecule has 1 unspecified atom stereocenters. The van der Waals surface area contributed by atoms with Crippen LogP contribution in [-0.4, -0.2) is 46.6 Å². The van der Waals surface area contributed by atoms with Crippen LogP contribution in [-0.2, 0) is 0 Å². The zero-order chi connectivity index (χ0) is 14.6. The van der Waals surface area contributed by atoms with E-state index in [0.717, 1.165) is 4.88 Å². The highest BCUT2D eigenvalue weighted by Crippen LogP contribution is 2.32. The first-order chi connectivity index (χ1) is 8.86. The minimum Gasteiger partial charge on any atom is -0.478 e. The lowest BCUT2D eigenvalue weighted by atomic mass is 10.1. The third-order valence-electron chi connectivity index (χ3n) is 2.54. The Hall–Kier alpha value is -1.64. The van der Waals surface area contributed by atoms with Crippen molar-refractivity contribution in [2.75, 3.05) is 18.5 Å². The summed E-state index contributed by atoms with van der Waals surface area (Å²) in [4.78, 5) is 23.4. The van der Waals surface area contributed by atoms with Crippen LogP contribution in [0.2, 0.25) is 0 Å². The Kier molecular flexibility index (Phi) is 5.28. The smallest absolute Gasteiger partial charge is 0.338 e. The Morgan fingerprint density at radius 3 is 2.53 bits per heavy atom. The van der Waals surface area contributed by atoms with Gasteiger partial charge in [-0.15, -0.1) is 11.3 Å². The van der Waals surface area contributed by atoms with Crippen molar-refractivity contribution in [3.05, 3.63) is 16.0 Å². The van der Waals surface area contributed by atoms with E-state index in [1.807, 2.05) is 0 Å². The van der Waals surface area contributed by atoms with Crippen LogP contribution >= 0.6 is 11.3 Å². The predicted molar refractivity (Wildman–Crippen MR) is 70.9 cm³/mol. The van der Waals surface area contributed by atoms with Crippen molar-refractivity contribution in [1.82, 2.24) is 5.32 Å². The number of amides is 2. The number of carbonyl (C=O) groups is 2. The fraction of sp³-hybridized carbons (Fsp3) is 0.455. The molecule has 0 saturated carbocycles. The van der Waals surface area contributed by atoms with Gasteiger partial charge in [0, 0.05) is 11.4 Å². The van der Waals surface area contributed by atoms with Crippen molar-refractivity contribution in [1.29, 1.82) is 0 Å². The standard InChI is InChI=1S/C11H16N2O5S/c1-5-6(2)19-9(8(5)10(16)17)13-11(18)12-3-7(15)4-14/h7,14-15H,3-4H2,1-2H3,(H,16,17)(H2,12,13,18). The molecular weight excluding hydrogens is 272 g/mol. The van der Waals surface area contributed by atoms with Gasteiger partial charge in [-0.1, -0.05) is 0 Å². The maximum absolute atomic E-state index is 11.5. The molecule has 8 heteroatoms. The number of hydrogen-bond acceptors (Lipinski definition) is 5. The molecule has 0 aromatic carbocycles. The summed E-state index contributed by atoms with van der Waals surface area (Å²) in [7, 11) is 0. The van der Waals surface area contributed by atoms with E-state index in [9.17, 15) is 9.59 Å². The molecule has 0 bridgehead atoms.